The van der Waals surface area contributed by atoms with Crippen LogP contribution in [0.25, 0.3) is 0 Å². The van der Waals surface area contributed by atoms with Gasteiger partial charge in [0.25, 0.3) is 5.91 Å². The molecule has 1 aliphatic heterocycles. The molecule has 2 N–H and O–H groups in total. The average Bonchev–Trinajstić information content (AvgIpc) is 3.23. The molecule has 3 amide bonds. The molecule has 6 nitrogen and oxygen atoms in total. The second-order valence-electron chi connectivity index (χ2n) is 8.88. The molecule has 3 aromatic rings. The van der Waals surface area contributed by atoms with Gasteiger partial charge in [-0.3, -0.25) is 14.4 Å². The van der Waals surface area contributed by atoms with Crippen LogP contribution in [0.4, 0.5) is 11.4 Å². The zero-order chi connectivity index (χ0) is 24.2. The van der Waals surface area contributed by atoms with E-state index in [0.717, 1.165) is 22.4 Å². The van der Waals surface area contributed by atoms with Gasteiger partial charge in [-0.1, -0.05) is 54.1 Å². The van der Waals surface area contributed by atoms with E-state index in [1.54, 1.807) is 29.2 Å². The maximum absolute atomic E-state index is 12.9. The quantitative estimate of drug-likeness (QED) is 0.543. The fourth-order valence-electron chi connectivity index (χ4n) is 4.32. The molecule has 174 valence electrons. The van der Waals surface area contributed by atoms with Crippen LogP contribution in [0.15, 0.2) is 72.8 Å². The van der Waals surface area contributed by atoms with Crippen LogP contribution >= 0.6 is 0 Å². The Kier molecular flexibility index (Phi) is 6.77. The van der Waals surface area contributed by atoms with Gasteiger partial charge in [-0.25, -0.2) is 0 Å². The van der Waals surface area contributed by atoms with Crippen LogP contribution in [0.3, 0.4) is 0 Å². The molecule has 1 aliphatic rings. The van der Waals surface area contributed by atoms with Gasteiger partial charge in [0.15, 0.2) is 0 Å². The van der Waals surface area contributed by atoms with Crippen LogP contribution in [-0.4, -0.2) is 29.2 Å². The van der Waals surface area contributed by atoms with E-state index in [2.05, 4.69) is 10.6 Å². The second-order valence-corrected chi connectivity index (χ2v) is 8.88. The molecule has 0 radical (unpaired) electrons. The van der Waals surface area contributed by atoms with Crippen molar-refractivity contribution in [2.24, 2.45) is 5.92 Å². The van der Waals surface area contributed by atoms with Crippen LogP contribution in [0.2, 0.25) is 0 Å². The summed E-state index contributed by atoms with van der Waals surface area (Å²) < 4.78 is 0. The average molecular weight is 456 g/mol. The van der Waals surface area contributed by atoms with E-state index >= 15 is 0 Å². The Hall–Kier alpha value is -3.93. The van der Waals surface area contributed by atoms with Crippen LogP contribution < -0.4 is 10.6 Å². The lowest BCUT2D eigenvalue weighted by atomic mass is 10.1. The Labute approximate surface area is 200 Å². The number of nitrogens with zero attached hydrogens (tertiary/aromatic N) is 1. The molecule has 34 heavy (non-hydrogen) atoms. The summed E-state index contributed by atoms with van der Waals surface area (Å²) in [6.45, 7) is 6.30. The van der Waals surface area contributed by atoms with Crippen molar-refractivity contribution < 1.29 is 14.4 Å². The molecule has 0 spiro atoms. The third-order valence-corrected chi connectivity index (χ3v) is 6.30. The van der Waals surface area contributed by atoms with Gasteiger partial charge < -0.3 is 15.5 Å². The van der Waals surface area contributed by atoms with E-state index < -0.39 is 5.92 Å². The van der Waals surface area contributed by atoms with Gasteiger partial charge >= 0.3 is 0 Å². The van der Waals surface area contributed by atoms with Gasteiger partial charge in [-0.15, -0.1) is 0 Å². The predicted octanol–water partition coefficient (Wildman–Crippen LogP) is 5.10. The summed E-state index contributed by atoms with van der Waals surface area (Å²) in [4.78, 5) is 40.1. The molecule has 1 heterocycles. The summed E-state index contributed by atoms with van der Waals surface area (Å²) in [6, 6.07) is 22.4. The maximum Gasteiger partial charge on any atom is 0.255 e. The van der Waals surface area contributed by atoms with Crippen molar-refractivity contribution in [3.63, 3.8) is 0 Å². The molecule has 0 bridgehead atoms. The van der Waals surface area contributed by atoms with Crippen molar-refractivity contribution in [2.75, 3.05) is 17.2 Å². The molecule has 0 aliphatic carbocycles. The lowest BCUT2D eigenvalue weighted by molar-refractivity contribution is -0.129. The second kappa shape index (κ2) is 9.91. The Morgan fingerprint density at radius 1 is 0.941 bits per heavy atom. The topological polar surface area (TPSA) is 78.5 Å². The Morgan fingerprint density at radius 2 is 1.71 bits per heavy atom. The van der Waals surface area contributed by atoms with Crippen molar-refractivity contribution in [1.82, 2.24) is 4.90 Å². The first-order chi connectivity index (χ1) is 16.3. The number of amides is 3. The normalized spacial score (nSPS) is 16.3. The van der Waals surface area contributed by atoms with Gasteiger partial charge in [-0.05, 0) is 56.2 Å². The highest BCUT2D eigenvalue weighted by molar-refractivity contribution is 6.06. The molecule has 6 heteroatoms. The zero-order valence-electron chi connectivity index (χ0n) is 19.7. The van der Waals surface area contributed by atoms with Crippen LogP contribution in [0.5, 0.6) is 0 Å². The third kappa shape index (κ3) is 5.17. The number of anilines is 2. The van der Waals surface area contributed by atoms with Crippen LogP contribution in [0.1, 0.15) is 46.4 Å². The van der Waals surface area contributed by atoms with Gasteiger partial charge in [0.05, 0.1) is 12.0 Å². The monoisotopic (exact) mass is 455 g/mol. The highest BCUT2D eigenvalue weighted by Gasteiger charge is 2.37. The van der Waals surface area contributed by atoms with E-state index in [0.29, 0.717) is 17.8 Å². The largest absolute Gasteiger partial charge is 0.335 e. The molecule has 1 fully saturated rings. The minimum Gasteiger partial charge on any atom is -0.335 e. The first-order valence-electron chi connectivity index (χ1n) is 11.5. The standard InChI is InChI=1S/C28H29N3O3/c1-18-12-13-25(19(2)14-18)30-27(33)22-10-7-11-24(15-22)29-28(34)23-16-26(32)31(17-23)20(3)21-8-5-4-6-9-21/h4-15,20,23H,16-17H2,1-3H3,(H,29,34)(H,30,33)/t20-,23+/m0/s1. The number of nitrogens with one attached hydrogen (secondary N) is 2. The number of rotatable bonds is 6. The number of aryl methyl sites for hydroxylation is 2. The lowest BCUT2D eigenvalue weighted by Crippen LogP contribution is -2.30. The maximum atomic E-state index is 12.9. The summed E-state index contributed by atoms with van der Waals surface area (Å²) in [5.41, 5.74) is 4.88. The van der Waals surface area contributed by atoms with Gasteiger partial charge in [0, 0.05) is 29.9 Å². The van der Waals surface area contributed by atoms with E-state index in [9.17, 15) is 14.4 Å². The first-order valence-corrected chi connectivity index (χ1v) is 11.5. The molecule has 0 aromatic heterocycles. The van der Waals surface area contributed by atoms with Gasteiger partial charge in [0.1, 0.15) is 0 Å². The molecule has 3 aromatic carbocycles. The van der Waals surface area contributed by atoms with Gasteiger partial charge in [0.2, 0.25) is 11.8 Å². The van der Waals surface area contributed by atoms with Crippen molar-refractivity contribution in [1.29, 1.82) is 0 Å². The Bertz CT molecular complexity index is 1220. The Morgan fingerprint density at radius 3 is 2.44 bits per heavy atom. The molecule has 0 saturated carbocycles. The molecular weight excluding hydrogens is 426 g/mol. The third-order valence-electron chi connectivity index (χ3n) is 6.30. The predicted molar refractivity (Wildman–Crippen MR) is 134 cm³/mol. The number of carbonyl (C=O) groups excluding carboxylic acids is 3. The summed E-state index contributed by atoms with van der Waals surface area (Å²) in [5.74, 6) is -0.936. The minimum atomic E-state index is -0.439. The number of likely N-dealkylation sites (tertiary alicyclic amines) is 1. The highest BCUT2D eigenvalue weighted by Crippen LogP contribution is 2.29. The van der Waals surface area contributed by atoms with Crippen molar-refractivity contribution >= 4 is 29.1 Å². The molecule has 2 atom stereocenters. The number of hydrogen-bond acceptors (Lipinski definition) is 3. The molecule has 4 rings (SSSR count). The summed E-state index contributed by atoms with van der Waals surface area (Å²) in [5, 5.41) is 5.81. The van der Waals surface area contributed by atoms with E-state index in [1.165, 1.54) is 0 Å². The smallest absolute Gasteiger partial charge is 0.255 e. The van der Waals surface area contributed by atoms with E-state index in [1.807, 2.05) is 69.3 Å². The fraction of sp³-hybridized carbons (Fsp3) is 0.250. The van der Waals surface area contributed by atoms with Crippen molar-refractivity contribution in [3.05, 3.63) is 95.1 Å². The number of benzene rings is 3. The van der Waals surface area contributed by atoms with Crippen LogP contribution in [0, 0.1) is 19.8 Å². The molecule has 0 unspecified atom stereocenters. The summed E-state index contributed by atoms with van der Waals surface area (Å²) >= 11 is 0. The lowest BCUT2D eigenvalue weighted by Gasteiger charge is -2.25. The number of hydrogen-bond donors (Lipinski definition) is 2. The van der Waals surface area contributed by atoms with Gasteiger partial charge in [-0.2, -0.15) is 0 Å². The SMILES string of the molecule is Cc1ccc(NC(=O)c2cccc(NC(=O)[C@@H]3CC(=O)N([C@@H](C)c4ccccc4)C3)c2)c(C)c1. The summed E-state index contributed by atoms with van der Waals surface area (Å²) in [7, 11) is 0. The minimum absolute atomic E-state index is 0.0295. The highest BCUT2D eigenvalue weighted by atomic mass is 16.2. The molecule has 1 saturated heterocycles. The van der Waals surface area contributed by atoms with Crippen LogP contribution in [-0.2, 0) is 9.59 Å². The summed E-state index contributed by atoms with van der Waals surface area (Å²) in [6.07, 6.45) is 0.176. The zero-order valence-corrected chi connectivity index (χ0v) is 19.7. The fourth-order valence-corrected chi connectivity index (χ4v) is 4.32. The molecular formula is C28H29N3O3. The number of carbonyl (C=O) groups is 3. The van der Waals surface area contributed by atoms with E-state index in [-0.39, 0.29) is 30.2 Å². The van der Waals surface area contributed by atoms with Crippen molar-refractivity contribution in [2.45, 2.75) is 33.2 Å². The van der Waals surface area contributed by atoms with E-state index in [4.69, 9.17) is 0 Å². The van der Waals surface area contributed by atoms with Crippen molar-refractivity contribution in [3.8, 4) is 0 Å². The Balaban J connectivity index is 1.40. The first kappa shape index (κ1) is 23.2.